The van der Waals surface area contributed by atoms with Crippen molar-refractivity contribution in [3.05, 3.63) is 78.6 Å². The number of aromatic nitrogens is 2. The summed E-state index contributed by atoms with van der Waals surface area (Å²) < 4.78 is 7.16. The molecule has 4 aromatic rings. The molecule has 28 heavy (non-hydrogen) atoms. The zero-order valence-corrected chi connectivity index (χ0v) is 15.4. The van der Waals surface area contributed by atoms with Crippen LogP contribution < -0.4 is 16.2 Å². The standard InChI is InChI=1S/C22H20N4O2/c1-14(23)15-9-10-20-19(12-15)25-13-26(20)17-6-4-5-16(11-17)18-7-2-3-8-21(18)28-22(24)27/h2-14H,23H2,1H3,(H2,24,27)/t14-/m1/s1. The third-order valence-corrected chi connectivity index (χ3v) is 4.63. The third-order valence-electron chi connectivity index (χ3n) is 4.63. The van der Waals surface area contributed by atoms with Crippen LogP contribution in [0, 0.1) is 0 Å². The van der Waals surface area contributed by atoms with Crippen LogP contribution in [0.25, 0.3) is 27.8 Å². The van der Waals surface area contributed by atoms with Crippen molar-refractivity contribution in [1.82, 2.24) is 9.55 Å². The number of ether oxygens (including phenoxy) is 1. The topological polar surface area (TPSA) is 96.2 Å². The van der Waals surface area contributed by atoms with E-state index in [0.717, 1.165) is 33.4 Å². The van der Waals surface area contributed by atoms with Gasteiger partial charge in [0.2, 0.25) is 0 Å². The van der Waals surface area contributed by atoms with Gasteiger partial charge in [-0.05, 0) is 48.4 Å². The van der Waals surface area contributed by atoms with Gasteiger partial charge in [0.1, 0.15) is 12.1 Å². The van der Waals surface area contributed by atoms with Gasteiger partial charge in [0.25, 0.3) is 0 Å². The highest BCUT2D eigenvalue weighted by molar-refractivity contribution is 5.80. The first kappa shape index (κ1) is 17.8. The van der Waals surface area contributed by atoms with Crippen LogP contribution in [0.4, 0.5) is 4.79 Å². The number of rotatable bonds is 4. The summed E-state index contributed by atoms with van der Waals surface area (Å²) in [6, 6.07) is 21.2. The van der Waals surface area contributed by atoms with E-state index in [-0.39, 0.29) is 6.04 Å². The molecule has 1 heterocycles. The Morgan fingerprint density at radius 3 is 2.68 bits per heavy atom. The highest BCUT2D eigenvalue weighted by Gasteiger charge is 2.11. The first-order chi connectivity index (χ1) is 13.5. The molecule has 4 N–H and O–H groups in total. The van der Waals surface area contributed by atoms with Gasteiger partial charge >= 0.3 is 6.09 Å². The molecular formula is C22H20N4O2. The Bertz CT molecular complexity index is 1160. The van der Waals surface area contributed by atoms with E-state index in [1.807, 2.05) is 66.1 Å². The normalized spacial score (nSPS) is 12.1. The summed E-state index contributed by atoms with van der Waals surface area (Å²) in [5.41, 5.74) is 16.7. The van der Waals surface area contributed by atoms with Crippen LogP contribution in [0.5, 0.6) is 5.75 Å². The Hall–Kier alpha value is -3.64. The molecule has 140 valence electrons. The van der Waals surface area contributed by atoms with Gasteiger partial charge in [-0.15, -0.1) is 0 Å². The summed E-state index contributed by atoms with van der Waals surface area (Å²) in [4.78, 5) is 15.7. The second-order valence-electron chi connectivity index (χ2n) is 6.62. The minimum Gasteiger partial charge on any atom is -0.410 e. The first-order valence-corrected chi connectivity index (χ1v) is 8.92. The molecule has 0 spiro atoms. The largest absolute Gasteiger partial charge is 0.410 e. The van der Waals surface area contributed by atoms with Crippen LogP contribution in [0.15, 0.2) is 73.1 Å². The summed E-state index contributed by atoms with van der Waals surface area (Å²) in [6.07, 6.45) is 0.953. The van der Waals surface area contributed by atoms with Crippen molar-refractivity contribution in [3.63, 3.8) is 0 Å². The number of imidazole rings is 1. The lowest BCUT2D eigenvalue weighted by atomic mass is 10.0. The third kappa shape index (κ3) is 3.33. The maximum Gasteiger partial charge on any atom is 0.409 e. The second kappa shape index (κ2) is 7.17. The molecule has 0 saturated heterocycles. The average Bonchev–Trinajstić information content (AvgIpc) is 3.11. The second-order valence-corrected chi connectivity index (χ2v) is 6.62. The van der Waals surface area contributed by atoms with E-state index >= 15 is 0 Å². The molecule has 1 atom stereocenters. The van der Waals surface area contributed by atoms with Crippen molar-refractivity contribution in [3.8, 4) is 22.6 Å². The summed E-state index contributed by atoms with van der Waals surface area (Å²) in [6.45, 7) is 1.95. The van der Waals surface area contributed by atoms with Crippen LogP contribution in [-0.2, 0) is 0 Å². The molecule has 0 radical (unpaired) electrons. The van der Waals surface area contributed by atoms with Gasteiger partial charge in [-0.3, -0.25) is 4.57 Å². The van der Waals surface area contributed by atoms with Gasteiger partial charge < -0.3 is 16.2 Å². The molecule has 1 amide bonds. The number of carbonyl (C=O) groups is 1. The van der Waals surface area contributed by atoms with Crippen LogP contribution in [0.2, 0.25) is 0 Å². The number of amides is 1. The molecule has 0 aliphatic rings. The lowest BCUT2D eigenvalue weighted by molar-refractivity contribution is 0.211. The SMILES string of the molecule is C[C@@H](N)c1ccc2c(c1)ncn2-c1cccc(-c2ccccc2OC(N)=O)c1. The van der Waals surface area contributed by atoms with Crippen LogP contribution >= 0.6 is 0 Å². The van der Waals surface area contributed by atoms with Gasteiger partial charge in [-0.2, -0.15) is 0 Å². The van der Waals surface area contributed by atoms with Crippen molar-refractivity contribution in [2.24, 2.45) is 11.5 Å². The number of nitrogens with two attached hydrogens (primary N) is 2. The fourth-order valence-electron chi connectivity index (χ4n) is 3.24. The molecule has 0 aliphatic heterocycles. The number of benzene rings is 3. The number of para-hydroxylation sites is 1. The van der Waals surface area contributed by atoms with Gasteiger partial charge in [-0.1, -0.05) is 36.4 Å². The van der Waals surface area contributed by atoms with Gasteiger partial charge in [-0.25, -0.2) is 9.78 Å². The highest BCUT2D eigenvalue weighted by atomic mass is 16.5. The minimum atomic E-state index is -0.839. The van der Waals surface area contributed by atoms with Crippen molar-refractivity contribution in [1.29, 1.82) is 0 Å². The Labute approximate surface area is 162 Å². The fraction of sp³-hybridized carbons (Fsp3) is 0.0909. The first-order valence-electron chi connectivity index (χ1n) is 8.92. The molecule has 0 unspecified atom stereocenters. The van der Waals surface area contributed by atoms with Crippen molar-refractivity contribution in [2.75, 3.05) is 0 Å². The van der Waals surface area contributed by atoms with Crippen molar-refractivity contribution < 1.29 is 9.53 Å². The zero-order chi connectivity index (χ0) is 19.7. The predicted octanol–water partition coefficient (Wildman–Crippen LogP) is 4.17. The maximum atomic E-state index is 11.2. The van der Waals surface area contributed by atoms with Crippen molar-refractivity contribution >= 4 is 17.1 Å². The molecule has 0 aliphatic carbocycles. The quantitative estimate of drug-likeness (QED) is 0.562. The summed E-state index contributed by atoms with van der Waals surface area (Å²) >= 11 is 0. The zero-order valence-electron chi connectivity index (χ0n) is 15.4. The number of primary amides is 1. The molecule has 0 fully saturated rings. The summed E-state index contributed by atoms with van der Waals surface area (Å²) in [5.74, 6) is 0.421. The van der Waals surface area contributed by atoms with E-state index in [4.69, 9.17) is 16.2 Å². The number of hydrogen-bond acceptors (Lipinski definition) is 4. The average molecular weight is 372 g/mol. The monoisotopic (exact) mass is 372 g/mol. The number of hydrogen-bond donors (Lipinski definition) is 2. The van der Waals surface area contributed by atoms with E-state index in [1.54, 1.807) is 18.5 Å². The van der Waals surface area contributed by atoms with E-state index < -0.39 is 6.09 Å². The molecule has 0 bridgehead atoms. The highest BCUT2D eigenvalue weighted by Crippen LogP contribution is 2.32. The molecule has 1 aromatic heterocycles. The van der Waals surface area contributed by atoms with Gasteiger partial charge in [0, 0.05) is 17.3 Å². The Kier molecular flexibility index (Phi) is 4.55. The smallest absolute Gasteiger partial charge is 0.409 e. The molecule has 0 saturated carbocycles. The van der Waals surface area contributed by atoms with E-state index in [9.17, 15) is 4.79 Å². The summed E-state index contributed by atoms with van der Waals surface area (Å²) in [5, 5.41) is 0. The van der Waals surface area contributed by atoms with E-state index in [1.165, 1.54) is 0 Å². The molecule has 6 heteroatoms. The van der Waals surface area contributed by atoms with Crippen LogP contribution in [-0.4, -0.2) is 15.6 Å². The minimum absolute atomic E-state index is 0.0420. The van der Waals surface area contributed by atoms with E-state index in [2.05, 4.69) is 4.98 Å². The maximum absolute atomic E-state index is 11.2. The number of nitrogens with zero attached hydrogens (tertiary/aromatic N) is 2. The van der Waals surface area contributed by atoms with Gasteiger partial charge in [0.05, 0.1) is 11.0 Å². The van der Waals surface area contributed by atoms with Crippen LogP contribution in [0.3, 0.4) is 0 Å². The molecule has 4 rings (SSSR count). The molecular weight excluding hydrogens is 352 g/mol. The number of fused-ring (bicyclic) bond motifs is 1. The molecule has 6 nitrogen and oxygen atoms in total. The van der Waals surface area contributed by atoms with Crippen LogP contribution in [0.1, 0.15) is 18.5 Å². The van der Waals surface area contributed by atoms with Gasteiger partial charge in [0.15, 0.2) is 0 Å². The number of carbonyl (C=O) groups excluding carboxylic acids is 1. The lowest BCUT2D eigenvalue weighted by Gasteiger charge is -2.11. The Balaban J connectivity index is 1.78. The van der Waals surface area contributed by atoms with Crippen molar-refractivity contribution in [2.45, 2.75) is 13.0 Å². The lowest BCUT2D eigenvalue weighted by Crippen LogP contribution is -2.16. The fourth-order valence-corrected chi connectivity index (χ4v) is 3.24. The van der Waals surface area contributed by atoms with E-state index in [0.29, 0.717) is 5.75 Å². The predicted molar refractivity (Wildman–Crippen MR) is 109 cm³/mol. The Morgan fingerprint density at radius 2 is 1.89 bits per heavy atom. The Morgan fingerprint density at radius 1 is 1.07 bits per heavy atom. The molecule has 3 aromatic carbocycles. The summed E-state index contributed by atoms with van der Waals surface area (Å²) in [7, 11) is 0.